The van der Waals surface area contributed by atoms with Gasteiger partial charge < -0.3 is 16.0 Å². The fourth-order valence-corrected chi connectivity index (χ4v) is 2.82. The molecule has 1 unspecified atom stereocenters. The molecule has 116 valence electrons. The number of carbonyl (C=O) groups is 1. The Balaban J connectivity index is 1.86. The summed E-state index contributed by atoms with van der Waals surface area (Å²) in [6.07, 6.45) is 3.72. The molecular formula is C17H27N3O. The molecule has 0 aromatic heterocycles. The Morgan fingerprint density at radius 2 is 2.14 bits per heavy atom. The van der Waals surface area contributed by atoms with Gasteiger partial charge in [-0.05, 0) is 50.4 Å². The van der Waals surface area contributed by atoms with Crippen molar-refractivity contribution >= 4 is 5.91 Å². The molecule has 1 aliphatic rings. The number of nitrogens with zero attached hydrogens (tertiary/aromatic N) is 1. The summed E-state index contributed by atoms with van der Waals surface area (Å²) < 4.78 is 0. The van der Waals surface area contributed by atoms with Gasteiger partial charge in [0.2, 0.25) is 5.91 Å². The first kappa shape index (κ1) is 16.0. The van der Waals surface area contributed by atoms with Crippen molar-refractivity contribution in [2.24, 2.45) is 11.7 Å². The minimum atomic E-state index is 0.263. The summed E-state index contributed by atoms with van der Waals surface area (Å²) in [5.74, 6) is 0.932. The lowest BCUT2D eigenvalue weighted by molar-refractivity contribution is -0.132. The van der Waals surface area contributed by atoms with Crippen molar-refractivity contribution in [2.45, 2.75) is 32.2 Å². The molecule has 1 aromatic rings. The van der Waals surface area contributed by atoms with Crippen molar-refractivity contribution in [1.29, 1.82) is 0 Å². The SMILES string of the molecule is NCCCN(Cc1ccccc1)C(=O)CCC1CCNC1. The van der Waals surface area contributed by atoms with E-state index < -0.39 is 0 Å². The normalized spacial score (nSPS) is 17.9. The van der Waals surface area contributed by atoms with Crippen molar-refractivity contribution in [2.75, 3.05) is 26.2 Å². The third-order valence-corrected chi connectivity index (χ3v) is 4.13. The molecule has 0 aliphatic carbocycles. The second-order valence-electron chi connectivity index (χ2n) is 5.84. The topological polar surface area (TPSA) is 58.4 Å². The Morgan fingerprint density at radius 1 is 1.33 bits per heavy atom. The van der Waals surface area contributed by atoms with Crippen molar-refractivity contribution in [3.63, 3.8) is 0 Å². The molecule has 1 atom stereocenters. The molecular weight excluding hydrogens is 262 g/mol. The lowest BCUT2D eigenvalue weighted by Crippen LogP contribution is -2.32. The first-order chi connectivity index (χ1) is 10.3. The Hall–Kier alpha value is -1.39. The molecule has 1 aromatic carbocycles. The second-order valence-corrected chi connectivity index (χ2v) is 5.84. The Bertz CT molecular complexity index is 415. The number of rotatable bonds is 8. The van der Waals surface area contributed by atoms with Gasteiger partial charge in [-0.1, -0.05) is 30.3 Å². The summed E-state index contributed by atoms with van der Waals surface area (Å²) in [6, 6.07) is 10.2. The lowest BCUT2D eigenvalue weighted by atomic mass is 10.0. The van der Waals surface area contributed by atoms with E-state index in [0.717, 1.165) is 32.5 Å². The Kier molecular flexibility index (Phi) is 6.70. The molecule has 0 saturated carbocycles. The number of amides is 1. The summed E-state index contributed by atoms with van der Waals surface area (Å²) in [5, 5.41) is 3.36. The van der Waals surface area contributed by atoms with Crippen LogP contribution in [0.2, 0.25) is 0 Å². The molecule has 21 heavy (non-hydrogen) atoms. The van der Waals surface area contributed by atoms with Crippen molar-refractivity contribution in [3.8, 4) is 0 Å². The van der Waals surface area contributed by atoms with Gasteiger partial charge in [-0.15, -0.1) is 0 Å². The number of nitrogens with one attached hydrogen (secondary N) is 1. The standard InChI is InChI=1S/C17H27N3O/c18-10-4-12-20(14-16-5-2-1-3-6-16)17(21)8-7-15-9-11-19-13-15/h1-3,5-6,15,19H,4,7-14,18H2. The summed E-state index contributed by atoms with van der Waals surface area (Å²) in [4.78, 5) is 14.4. The van der Waals surface area contributed by atoms with Gasteiger partial charge in [0.05, 0.1) is 0 Å². The average molecular weight is 289 g/mol. The van der Waals surface area contributed by atoms with E-state index in [4.69, 9.17) is 5.73 Å². The van der Waals surface area contributed by atoms with Gasteiger partial charge in [0.25, 0.3) is 0 Å². The molecule has 1 aliphatic heterocycles. The van der Waals surface area contributed by atoms with Crippen LogP contribution in [0.5, 0.6) is 0 Å². The zero-order chi connectivity index (χ0) is 14.9. The lowest BCUT2D eigenvalue weighted by Gasteiger charge is -2.23. The van der Waals surface area contributed by atoms with Crippen LogP contribution < -0.4 is 11.1 Å². The van der Waals surface area contributed by atoms with Crippen molar-refractivity contribution in [3.05, 3.63) is 35.9 Å². The number of nitrogens with two attached hydrogens (primary N) is 1. The summed E-state index contributed by atoms with van der Waals surface area (Å²) in [6.45, 7) is 4.25. The van der Waals surface area contributed by atoms with Gasteiger partial charge in [-0.25, -0.2) is 0 Å². The first-order valence-corrected chi connectivity index (χ1v) is 8.02. The van der Waals surface area contributed by atoms with Gasteiger partial charge in [-0.3, -0.25) is 4.79 Å². The summed E-state index contributed by atoms with van der Waals surface area (Å²) >= 11 is 0. The molecule has 1 amide bonds. The van der Waals surface area contributed by atoms with Crippen LogP contribution in [0.15, 0.2) is 30.3 Å². The highest BCUT2D eigenvalue weighted by Crippen LogP contribution is 2.16. The monoisotopic (exact) mass is 289 g/mol. The van der Waals surface area contributed by atoms with Crippen LogP contribution in [0.3, 0.4) is 0 Å². The van der Waals surface area contributed by atoms with Crippen LogP contribution in [0.1, 0.15) is 31.2 Å². The van der Waals surface area contributed by atoms with E-state index in [9.17, 15) is 4.79 Å². The highest BCUT2D eigenvalue weighted by Gasteiger charge is 2.18. The summed E-state index contributed by atoms with van der Waals surface area (Å²) in [5.41, 5.74) is 6.78. The molecule has 4 nitrogen and oxygen atoms in total. The molecule has 0 spiro atoms. The van der Waals surface area contributed by atoms with E-state index >= 15 is 0 Å². The van der Waals surface area contributed by atoms with E-state index in [1.807, 2.05) is 23.1 Å². The molecule has 1 fully saturated rings. The quantitative estimate of drug-likeness (QED) is 0.766. The van der Waals surface area contributed by atoms with Crippen LogP contribution in [-0.2, 0) is 11.3 Å². The van der Waals surface area contributed by atoms with Crippen LogP contribution in [0.25, 0.3) is 0 Å². The van der Waals surface area contributed by atoms with Crippen LogP contribution in [0, 0.1) is 5.92 Å². The van der Waals surface area contributed by atoms with Gasteiger partial charge in [0.15, 0.2) is 0 Å². The fraction of sp³-hybridized carbons (Fsp3) is 0.588. The van der Waals surface area contributed by atoms with Gasteiger partial charge in [-0.2, -0.15) is 0 Å². The molecule has 1 heterocycles. The van der Waals surface area contributed by atoms with E-state index in [-0.39, 0.29) is 5.91 Å². The number of benzene rings is 1. The van der Waals surface area contributed by atoms with E-state index in [1.54, 1.807) is 0 Å². The average Bonchev–Trinajstić information content (AvgIpc) is 3.03. The molecule has 1 saturated heterocycles. The van der Waals surface area contributed by atoms with Gasteiger partial charge in [0.1, 0.15) is 0 Å². The molecule has 3 N–H and O–H groups in total. The molecule has 2 rings (SSSR count). The number of hydrogen-bond acceptors (Lipinski definition) is 3. The van der Waals surface area contributed by atoms with Gasteiger partial charge in [0, 0.05) is 19.5 Å². The van der Waals surface area contributed by atoms with Crippen molar-refractivity contribution < 1.29 is 4.79 Å². The maximum absolute atomic E-state index is 12.5. The largest absolute Gasteiger partial charge is 0.338 e. The van der Waals surface area contributed by atoms with Crippen LogP contribution >= 0.6 is 0 Å². The first-order valence-electron chi connectivity index (χ1n) is 8.02. The van der Waals surface area contributed by atoms with Crippen molar-refractivity contribution in [1.82, 2.24) is 10.2 Å². The minimum Gasteiger partial charge on any atom is -0.338 e. The fourth-order valence-electron chi connectivity index (χ4n) is 2.82. The molecule has 4 heteroatoms. The summed E-state index contributed by atoms with van der Waals surface area (Å²) in [7, 11) is 0. The van der Waals surface area contributed by atoms with Crippen LogP contribution in [0.4, 0.5) is 0 Å². The van der Waals surface area contributed by atoms with E-state index in [0.29, 0.717) is 25.4 Å². The predicted octanol–water partition coefficient (Wildman–Crippen LogP) is 1.75. The zero-order valence-electron chi connectivity index (χ0n) is 12.8. The highest BCUT2D eigenvalue weighted by atomic mass is 16.2. The molecule has 0 bridgehead atoms. The van der Waals surface area contributed by atoms with Crippen LogP contribution in [-0.4, -0.2) is 37.0 Å². The third kappa shape index (κ3) is 5.48. The Morgan fingerprint density at radius 3 is 2.81 bits per heavy atom. The maximum Gasteiger partial charge on any atom is 0.222 e. The molecule has 0 radical (unpaired) electrons. The van der Waals surface area contributed by atoms with Gasteiger partial charge >= 0.3 is 0 Å². The third-order valence-electron chi connectivity index (χ3n) is 4.13. The number of carbonyl (C=O) groups excluding carboxylic acids is 1. The Labute approximate surface area is 127 Å². The van der Waals surface area contributed by atoms with E-state index in [2.05, 4.69) is 17.4 Å². The highest BCUT2D eigenvalue weighted by molar-refractivity contribution is 5.76. The number of hydrogen-bond donors (Lipinski definition) is 2. The second kappa shape index (κ2) is 8.80. The van der Waals surface area contributed by atoms with E-state index in [1.165, 1.54) is 12.0 Å². The predicted molar refractivity (Wildman–Crippen MR) is 85.7 cm³/mol. The maximum atomic E-state index is 12.5. The minimum absolute atomic E-state index is 0.263. The smallest absolute Gasteiger partial charge is 0.222 e. The zero-order valence-corrected chi connectivity index (χ0v) is 12.8.